The number of aliphatic hydroxyl groups is 3. The van der Waals surface area contributed by atoms with Gasteiger partial charge in [0.25, 0.3) is 0 Å². The first-order valence-electron chi connectivity index (χ1n) is 5.03. The first kappa shape index (κ1) is 12.0. The molecular weight excluding hydrogens is 228 g/mol. The van der Waals surface area contributed by atoms with Gasteiger partial charge in [-0.2, -0.15) is 5.10 Å². The topological polar surface area (TPSA) is 124 Å². The average Bonchev–Trinajstić information content (AvgIpc) is 2.57. The van der Waals surface area contributed by atoms with Crippen LogP contribution in [-0.4, -0.2) is 63.5 Å². The van der Waals surface area contributed by atoms with E-state index in [9.17, 15) is 10.2 Å². The molecule has 2 rings (SSSR count). The number of nitrogens with zero attached hydrogens (tertiary/aromatic N) is 3. The molecule has 2 heterocycles. The van der Waals surface area contributed by atoms with Crippen LogP contribution in [0.2, 0.25) is 0 Å². The number of hydrogen-bond donors (Lipinski definition) is 4. The van der Waals surface area contributed by atoms with E-state index in [0.717, 1.165) is 0 Å². The highest BCUT2D eigenvalue weighted by Crippen LogP contribution is 2.27. The molecule has 1 fully saturated rings. The quantitative estimate of drug-likeness (QED) is 0.426. The molecule has 4 atom stereocenters. The van der Waals surface area contributed by atoms with Crippen molar-refractivity contribution in [2.24, 2.45) is 15.8 Å². The van der Waals surface area contributed by atoms with Crippen LogP contribution in [0.5, 0.6) is 0 Å². The SMILES string of the molecule is C=C1N=C(N)C=NN1[C@@H]1O[C@H](CO)[C@H](O)C1O. The van der Waals surface area contributed by atoms with Crippen LogP contribution in [-0.2, 0) is 4.74 Å². The second-order valence-electron chi connectivity index (χ2n) is 3.77. The van der Waals surface area contributed by atoms with Gasteiger partial charge in [-0.1, -0.05) is 6.58 Å². The van der Waals surface area contributed by atoms with Crippen molar-refractivity contribution in [2.45, 2.75) is 24.5 Å². The van der Waals surface area contributed by atoms with Gasteiger partial charge < -0.3 is 25.8 Å². The first-order valence-corrected chi connectivity index (χ1v) is 5.03. The summed E-state index contributed by atoms with van der Waals surface area (Å²) >= 11 is 0. The van der Waals surface area contributed by atoms with Crippen LogP contribution in [0.3, 0.4) is 0 Å². The van der Waals surface area contributed by atoms with Gasteiger partial charge in [0.2, 0.25) is 0 Å². The maximum absolute atomic E-state index is 9.77. The fourth-order valence-electron chi connectivity index (χ4n) is 1.71. The lowest BCUT2D eigenvalue weighted by molar-refractivity contribution is -0.0842. The predicted molar refractivity (Wildman–Crippen MR) is 58.9 cm³/mol. The number of ether oxygens (including phenoxy) is 1. The van der Waals surface area contributed by atoms with Crippen LogP contribution in [0, 0.1) is 0 Å². The minimum absolute atomic E-state index is 0.193. The summed E-state index contributed by atoms with van der Waals surface area (Å²) in [6.45, 7) is 3.21. The molecule has 1 unspecified atom stereocenters. The third-order valence-electron chi connectivity index (χ3n) is 2.60. The van der Waals surface area contributed by atoms with Crippen molar-refractivity contribution >= 4 is 12.1 Å². The Bertz CT molecular complexity index is 383. The maximum Gasteiger partial charge on any atom is 0.181 e. The smallest absolute Gasteiger partial charge is 0.181 e. The number of nitrogens with two attached hydrogens (primary N) is 1. The van der Waals surface area contributed by atoms with Gasteiger partial charge in [-0.25, -0.2) is 10.0 Å². The molecule has 0 radical (unpaired) electrons. The molecule has 0 aromatic carbocycles. The van der Waals surface area contributed by atoms with Crippen LogP contribution in [0.1, 0.15) is 0 Å². The number of rotatable bonds is 2. The number of aliphatic hydroxyl groups excluding tert-OH is 3. The van der Waals surface area contributed by atoms with Crippen molar-refractivity contribution in [1.82, 2.24) is 5.01 Å². The second-order valence-corrected chi connectivity index (χ2v) is 3.77. The molecule has 2 aliphatic heterocycles. The molecule has 8 nitrogen and oxygen atoms in total. The molecule has 94 valence electrons. The van der Waals surface area contributed by atoms with E-state index in [1.165, 1.54) is 11.2 Å². The van der Waals surface area contributed by atoms with Gasteiger partial charge in [0.15, 0.2) is 6.23 Å². The lowest BCUT2D eigenvalue weighted by Gasteiger charge is -2.28. The van der Waals surface area contributed by atoms with E-state index in [2.05, 4.69) is 16.7 Å². The van der Waals surface area contributed by atoms with E-state index in [0.29, 0.717) is 0 Å². The minimum Gasteiger partial charge on any atom is -0.394 e. The molecule has 0 bridgehead atoms. The summed E-state index contributed by atoms with van der Waals surface area (Å²) in [5.74, 6) is 0.387. The van der Waals surface area contributed by atoms with Crippen molar-refractivity contribution in [1.29, 1.82) is 0 Å². The maximum atomic E-state index is 9.77. The van der Waals surface area contributed by atoms with E-state index >= 15 is 0 Å². The Kier molecular flexibility index (Phi) is 3.11. The Morgan fingerprint density at radius 3 is 2.71 bits per heavy atom. The summed E-state index contributed by atoms with van der Waals surface area (Å²) in [7, 11) is 0. The first-order chi connectivity index (χ1) is 8.04. The largest absolute Gasteiger partial charge is 0.394 e. The third kappa shape index (κ3) is 2.03. The highest BCUT2D eigenvalue weighted by molar-refractivity contribution is 6.29. The van der Waals surface area contributed by atoms with Gasteiger partial charge in [0.05, 0.1) is 12.8 Å². The summed E-state index contributed by atoms with van der Waals surface area (Å²) in [4.78, 5) is 3.86. The van der Waals surface area contributed by atoms with Crippen LogP contribution >= 0.6 is 0 Å². The number of hydrogen-bond acceptors (Lipinski definition) is 8. The molecule has 8 heteroatoms. The summed E-state index contributed by atoms with van der Waals surface area (Å²) < 4.78 is 5.27. The van der Waals surface area contributed by atoms with Gasteiger partial charge in [0, 0.05) is 0 Å². The van der Waals surface area contributed by atoms with E-state index in [-0.39, 0.29) is 11.7 Å². The molecule has 0 amide bonds. The second kappa shape index (κ2) is 4.41. The Morgan fingerprint density at radius 1 is 1.47 bits per heavy atom. The molecule has 0 aromatic rings. The van der Waals surface area contributed by atoms with Crippen molar-refractivity contribution < 1.29 is 20.1 Å². The Hall–Kier alpha value is -1.48. The molecule has 2 aliphatic rings. The molecule has 5 N–H and O–H groups in total. The van der Waals surface area contributed by atoms with E-state index < -0.39 is 31.1 Å². The molecule has 0 saturated carbocycles. The highest BCUT2D eigenvalue weighted by Gasteiger charge is 2.46. The summed E-state index contributed by atoms with van der Waals surface area (Å²) in [5, 5.41) is 33.4. The summed E-state index contributed by atoms with van der Waals surface area (Å²) in [6, 6.07) is 0. The average molecular weight is 242 g/mol. The van der Waals surface area contributed by atoms with E-state index in [1.54, 1.807) is 0 Å². The number of amidine groups is 1. The Labute approximate surface area is 97.3 Å². The van der Waals surface area contributed by atoms with Crippen LogP contribution in [0.25, 0.3) is 0 Å². The molecule has 0 aliphatic carbocycles. The Balaban J connectivity index is 2.15. The van der Waals surface area contributed by atoms with Crippen molar-refractivity contribution in [3.63, 3.8) is 0 Å². The van der Waals surface area contributed by atoms with Gasteiger partial charge in [0.1, 0.15) is 30.0 Å². The van der Waals surface area contributed by atoms with Crippen molar-refractivity contribution in [3.05, 3.63) is 12.4 Å². The molecule has 0 aromatic heterocycles. The molecule has 0 spiro atoms. The predicted octanol–water partition coefficient (Wildman–Crippen LogP) is -2.44. The lowest BCUT2D eigenvalue weighted by atomic mass is 10.1. The van der Waals surface area contributed by atoms with E-state index in [4.69, 9.17) is 15.6 Å². The lowest BCUT2D eigenvalue weighted by Crippen LogP contribution is -2.42. The van der Waals surface area contributed by atoms with Crippen molar-refractivity contribution in [2.75, 3.05) is 6.61 Å². The highest BCUT2D eigenvalue weighted by atomic mass is 16.6. The fraction of sp³-hybridized carbons (Fsp3) is 0.556. The zero-order chi connectivity index (χ0) is 12.6. The molecule has 1 saturated heterocycles. The van der Waals surface area contributed by atoms with Crippen LogP contribution in [0.15, 0.2) is 22.5 Å². The normalized spacial score (nSPS) is 37.5. The summed E-state index contributed by atoms with van der Waals surface area (Å²) in [5.41, 5.74) is 5.42. The minimum atomic E-state index is -1.21. The fourth-order valence-corrected chi connectivity index (χ4v) is 1.71. The van der Waals surface area contributed by atoms with Gasteiger partial charge in [-0.05, 0) is 0 Å². The number of hydrazone groups is 1. The van der Waals surface area contributed by atoms with E-state index in [1.807, 2.05) is 0 Å². The third-order valence-corrected chi connectivity index (χ3v) is 2.60. The Morgan fingerprint density at radius 2 is 2.18 bits per heavy atom. The van der Waals surface area contributed by atoms with Crippen LogP contribution < -0.4 is 5.73 Å². The van der Waals surface area contributed by atoms with Crippen LogP contribution in [0.4, 0.5) is 0 Å². The number of aliphatic imine (C=N–C) groups is 1. The standard InChI is InChI=1S/C9H14N4O4/c1-4-12-6(10)2-11-13(4)9-8(16)7(15)5(3-14)17-9/h2,5,7-9,14-16H,1,3H2,(H2,10,12)/t5-,7+,8?,9-/m1/s1. The van der Waals surface area contributed by atoms with Crippen molar-refractivity contribution in [3.8, 4) is 0 Å². The van der Waals surface area contributed by atoms with Gasteiger partial charge in [-0.15, -0.1) is 0 Å². The zero-order valence-electron chi connectivity index (χ0n) is 8.97. The zero-order valence-corrected chi connectivity index (χ0v) is 8.97. The van der Waals surface area contributed by atoms with Gasteiger partial charge >= 0.3 is 0 Å². The monoisotopic (exact) mass is 242 g/mol. The molecule has 17 heavy (non-hydrogen) atoms. The summed E-state index contributed by atoms with van der Waals surface area (Å²) in [6.07, 6.45) is -2.92. The molecular formula is C9H14N4O4. The van der Waals surface area contributed by atoms with Gasteiger partial charge in [-0.3, -0.25) is 0 Å².